The van der Waals surface area contributed by atoms with Crippen LogP contribution in [0.4, 0.5) is 17.1 Å². The highest BCUT2D eigenvalue weighted by molar-refractivity contribution is 7.39. The van der Waals surface area contributed by atoms with Crippen LogP contribution in [0.3, 0.4) is 0 Å². The summed E-state index contributed by atoms with van der Waals surface area (Å²) in [6.07, 6.45) is -0.140. The van der Waals surface area contributed by atoms with Crippen LogP contribution < -0.4 is 5.43 Å². The minimum absolute atomic E-state index is 0.0439. The van der Waals surface area contributed by atoms with E-state index in [1.54, 1.807) is 0 Å². The van der Waals surface area contributed by atoms with Crippen molar-refractivity contribution in [2.45, 2.75) is 6.92 Å². The van der Waals surface area contributed by atoms with E-state index in [1.807, 2.05) is 0 Å². The summed E-state index contributed by atoms with van der Waals surface area (Å²) in [7, 11) is -2.72. The molecule has 0 saturated heterocycles. The van der Waals surface area contributed by atoms with Crippen molar-refractivity contribution in [3.63, 3.8) is 0 Å². The zero-order chi connectivity index (χ0) is 15.3. The Morgan fingerprint density at radius 2 is 2.05 bits per heavy atom. The van der Waals surface area contributed by atoms with Crippen molar-refractivity contribution in [1.29, 1.82) is 0 Å². The summed E-state index contributed by atoms with van der Waals surface area (Å²) in [4.78, 5) is 28.6. The molecule has 0 aliphatic rings. The van der Waals surface area contributed by atoms with Crippen LogP contribution in [0, 0.1) is 20.2 Å². The van der Waals surface area contributed by atoms with Crippen molar-refractivity contribution in [2.75, 3.05) is 11.6 Å². The molecule has 108 valence electrons. The van der Waals surface area contributed by atoms with Gasteiger partial charge >= 0.3 is 5.69 Å². The van der Waals surface area contributed by atoms with Gasteiger partial charge in [-0.2, -0.15) is 5.10 Å². The Kier molecular flexibility index (Phi) is 5.30. The summed E-state index contributed by atoms with van der Waals surface area (Å²) >= 11 is 0. The smallest absolute Gasteiger partial charge is 0.301 e. The molecule has 0 radical (unpaired) electrons. The van der Waals surface area contributed by atoms with E-state index in [9.17, 15) is 24.8 Å². The first-order chi connectivity index (χ1) is 9.31. The van der Waals surface area contributed by atoms with E-state index in [0.717, 1.165) is 18.2 Å². The third kappa shape index (κ3) is 4.41. The molecule has 11 heteroatoms. The van der Waals surface area contributed by atoms with Crippen LogP contribution in [0.2, 0.25) is 0 Å². The Balaban J connectivity index is 3.03. The minimum Gasteiger partial charge on any atom is -0.346 e. The predicted molar refractivity (Wildman–Crippen MR) is 72.6 cm³/mol. The van der Waals surface area contributed by atoms with Gasteiger partial charge in [0.15, 0.2) is 8.03 Å². The summed E-state index contributed by atoms with van der Waals surface area (Å²) in [5, 5.41) is 25.1. The molecule has 0 aromatic heterocycles. The Labute approximate surface area is 113 Å². The fourth-order valence-electron chi connectivity index (χ4n) is 1.29. The lowest BCUT2D eigenvalue weighted by molar-refractivity contribution is -0.393. The second-order valence-corrected chi connectivity index (χ2v) is 4.89. The van der Waals surface area contributed by atoms with Crippen molar-refractivity contribution in [2.24, 2.45) is 5.10 Å². The van der Waals surface area contributed by atoms with Crippen LogP contribution in [0.5, 0.6) is 0 Å². The number of hydrogen-bond donors (Lipinski definition) is 2. The van der Waals surface area contributed by atoms with Crippen molar-refractivity contribution >= 4 is 30.8 Å². The molecule has 0 aliphatic carbocycles. The molecule has 1 aromatic carbocycles. The number of nitro groups is 2. The van der Waals surface area contributed by atoms with Gasteiger partial charge in [-0.1, -0.05) is 0 Å². The van der Waals surface area contributed by atoms with E-state index in [2.05, 4.69) is 10.5 Å². The van der Waals surface area contributed by atoms with Gasteiger partial charge in [0.1, 0.15) is 5.69 Å². The van der Waals surface area contributed by atoms with Crippen molar-refractivity contribution < 1.29 is 19.3 Å². The molecule has 1 aromatic rings. The first-order valence-corrected chi connectivity index (χ1v) is 6.81. The number of hydrogen-bond acceptors (Lipinski definition) is 7. The van der Waals surface area contributed by atoms with E-state index < -0.39 is 29.2 Å². The van der Waals surface area contributed by atoms with E-state index in [1.165, 1.54) is 6.92 Å². The summed E-state index contributed by atoms with van der Waals surface area (Å²) in [5.41, 5.74) is 1.67. The second-order valence-electron chi connectivity index (χ2n) is 3.75. The van der Waals surface area contributed by atoms with Crippen molar-refractivity contribution in [1.82, 2.24) is 0 Å². The number of benzene rings is 1. The number of rotatable bonds is 6. The monoisotopic (exact) mass is 302 g/mol. The zero-order valence-electron chi connectivity index (χ0n) is 10.3. The molecule has 2 N–H and O–H groups in total. The lowest BCUT2D eigenvalue weighted by atomic mass is 10.2. The summed E-state index contributed by atoms with van der Waals surface area (Å²) in [6, 6.07) is 3.05. The number of nitrogens with zero attached hydrogens (tertiary/aromatic N) is 3. The van der Waals surface area contributed by atoms with Gasteiger partial charge in [0, 0.05) is 11.8 Å². The van der Waals surface area contributed by atoms with E-state index >= 15 is 0 Å². The molecule has 10 nitrogen and oxygen atoms in total. The SMILES string of the molecule is C/C(C[PH](=O)O)=N\Nc1ccc([N+](=O)[O-])cc1[N+](=O)[O-]. The molecule has 0 saturated carbocycles. The molecule has 0 fully saturated rings. The Morgan fingerprint density at radius 1 is 1.40 bits per heavy atom. The fourth-order valence-corrected chi connectivity index (χ4v) is 1.81. The number of hydrazone groups is 1. The van der Waals surface area contributed by atoms with Crippen LogP contribution >= 0.6 is 8.03 Å². The molecule has 0 amide bonds. The van der Waals surface area contributed by atoms with Gasteiger partial charge in [-0.05, 0) is 13.0 Å². The number of nitrogens with one attached hydrogen (secondary N) is 1. The van der Waals surface area contributed by atoms with Gasteiger partial charge < -0.3 is 4.89 Å². The lowest BCUT2D eigenvalue weighted by Crippen LogP contribution is -2.03. The summed E-state index contributed by atoms with van der Waals surface area (Å²) < 4.78 is 10.6. The normalized spacial score (nSPS) is 12.8. The predicted octanol–water partition coefficient (Wildman–Crippen LogP) is 1.76. The van der Waals surface area contributed by atoms with E-state index in [0.29, 0.717) is 0 Å². The highest BCUT2D eigenvalue weighted by atomic mass is 31.1. The third-order valence-electron chi connectivity index (χ3n) is 2.16. The highest BCUT2D eigenvalue weighted by Gasteiger charge is 2.19. The number of non-ortho nitro benzene ring substituents is 1. The molecule has 20 heavy (non-hydrogen) atoms. The van der Waals surface area contributed by atoms with Crippen molar-refractivity contribution in [3.8, 4) is 0 Å². The van der Waals surface area contributed by atoms with E-state index in [-0.39, 0.29) is 17.6 Å². The van der Waals surface area contributed by atoms with Gasteiger partial charge in [-0.3, -0.25) is 30.2 Å². The van der Waals surface area contributed by atoms with Crippen LogP contribution in [0.1, 0.15) is 6.92 Å². The van der Waals surface area contributed by atoms with Gasteiger partial charge in [0.25, 0.3) is 5.69 Å². The summed E-state index contributed by atoms with van der Waals surface area (Å²) in [5.74, 6) is 0. The van der Waals surface area contributed by atoms with Crippen LogP contribution in [0.15, 0.2) is 23.3 Å². The molecule has 0 bridgehead atoms. The largest absolute Gasteiger partial charge is 0.346 e. The molecule has 0 heterocycles. The molecule has 1 atom stereocenters. The molecular formula is C9H11N4O6P. The quantitative estimate of drug-likeness (QED) is 0.352. The maximum absolute atomic E-state index is 10.8. The minimum atomic E-state index is -2.72. The lowest BCUT2D eigenvalue weighted by Gasteiger charge is -2.03. The van der Waals surface area contributed by atoms with Gasteiger partial charge in [0.05, 0.1) is 22.1 Å². The average Bonchev–Trinajstić information content (AvgIpc) is 2.35. The maximum atomic E-state index is 10.8. The maximum Gasteiger partial charge on any atom is 0.301 e. The standard InChI is InChI=1S/C9H11N4O6P/c1-6(5-20(18)19)10-11-8-3-2-7(12(14)15)4-9(8)13(16)17/h2-4,11,20H,5H2,1H3,(H,18,19)/b10-6+. The molecular weight excluding hydrogens is 291 g/mol. The van der Waals surface area contributed by atoms with Gasteiger partial charge in [-0.25, -0.2) is 0 Å². The fraction of sp³-hybridized carbons (Fsp3) is 0.222. The van der Waals surface area contributed by atoms with Crippen molar-refractivity contribution in [3.05, 3.63) is 38.4 Å². The third-order valence-corrected chi connectivity index (χ3v) is 2.98. The first kappa shape index (κ1) is 15.7. The second kappa shape index (κ2) is 6.73. The van der Waals surface area contributed by atoms with Crippen LogP contribution in [-0.4, -0.2) is 26.6 Å². The topological polar surface area (TPSA) is 148 Å². The van der Waals surface area contributed by atoms with Gasteiger partial charge in [0.2, 0.25) is 0 Å². The highest BCUT2D eigenvalue weighted by Crippen LogP contribution is 2.29. The first-order valence-electron chi connectivity index (χ1n) is 5.25. The Morgan fingerprint density at radius 3 is 2.55 bits per heavy atom. The Hall–Kier alpha value is -2.32. The molecule has 1 unspecified atom stereocenters. The zero-order valence-corrected chi connectivity index (χ0v) is 11.3. The van der Waals surface area contributed by atoms with Gasteiger partial charge in [-0.15, -0.1) is 0 Å². The molecule has 0 aliphatic heterocycles. The molecule has 0 spiro atoms. The summed E-state index contributed by atoms with van der Waals surface area (Å²) in [6.45, 7) is 1.48. The molecule has 1 rings (SSSR count). The Bertz CT molecular complexity index is 602. The average molecular weight is 302 g/mol. The van der Waals surface area contributed by atoms with Crippen LogP contribution in [-0.2, 0) is 4.57 Å². The van der Waals surface area contributed by atoms with Crippen LogP contribution in [0.25, 0.3) is 0 Å². The number of nitro benzene ring substituents is 2. The number of anilines is 1. The van der Waals surface area contributed by atoms with E-state index in [4.69, 9.17) is 4.89 Å².